The van der Waals surface area contributed by atoms with Gasteiger partial charge < -0.3 is 5.32 Å². The number of thiophene rings is 1. The molecule has 0 amide bonds. The molecule has 3 aromatic rings. The van der Waals surface area contributed by atoms with Crippen LogP contribution in [0.2, 0.25) is 0 Å². The fourth-order valence-electron chi connectivity index (χ4n) is 4.10. The zero-order valence-corrected chi connectivity index (χ0v) is 17.1. The van der Waals surface area contributed by atoms with Gasteiger partial charge in [-0.05, 0) is 54.6 Å². The Hall–Kier alpha value is -2.50. The van der Waals surface area contributed by atoms with E-state index in [9.17, 15) is 0 Å². The van der Waals surface area contributed by atoms with Gasteiger partial charge in [-0.2, -0.15) is 5.10 Å². The normalized spacial score (nSPS) is 18.6. The standard InChI is InChI=1S/C23H21N3S2/c27-23-25-22-20(18-13-7-8-14-19(18)28-22)21(17-11-5-2-6-12-17)26(23)24-15-16-9-3-1-4-10-16/h1-6,9-12,15,21H,7-8,13-14H2,(H,25,27)/b24-15+. The number of anilines is 1. The van der Waals surface area contributed by atoms with Gasteiger partial charge in [0.1, 0.15) is 11.0 Å². The summed E-state index contributed by atoms with van der Waals surface area (Å²) >= 11 is 7.62. The Bertz CT molecular complexity index is 1020. The minimum atomic E-state index is 0.0167. The molecule has 2 heterocycles. The van der Waals surface area contributed by atoms with Crippen molar-refractivity contribution in [1.29, 1.82) is 0 Å². The third-order valence-corrected chi connectivity index (χ3v) is 6.92. The van der Waals surface area contributed by atoms with Crippen LogP contribution in [0.4, 0.5) is 5.00 Å². The Balaban J connectivity index is 1.63. The minimum absolute atomic E-state index is 0.0167. The Morgan fingerprint density at radius 1 is 1.00 bits per heavy atom. The fourth-order valence-corrected chi connectivity index (χ4v) is 5.74. The zero-order chi connectivity index (χ0) is 18.9. The highest BCUT2D eigenvalue weighted by Gasteiger charge is 2.36. The average Bonchev–Trinajstić information content (AvgIpc) is 3.11. The summed E-state index contributed by atoms with van der Waals surface area (Å²) in [6.45, 7) is 0. The summed E-state index contributed by atoms with van der Waals surface area (Å²) in [7, 11) is 0. The van der Waals surface area contributed by atoms with Gasteiger partial charge in [0.25, 0.3) is 0 Å². The van der Waals surface area contributed by atoms with E-state index in [1.807, 2.05) is 40.8 Å². The van der Waals surface area contributed by atoms with E-state index in [1.165, 1.54) is 45.8 Å². The van der Waals surface area contributed by atoms with Gasteiger partial charge >= 0.3 is 0 Å². The highest BCUT2D eigenvalue weighted by molar-refractivity contribution is 7.80. The van der Waals surface area contributed by atoms with E-state index in [1.54, 1.807) is 0 Å². The number of thiocarbonyl (C=S) groups is 1. The van der Waals surface area contributed by atoms with Gasteiger partial charge in [0.15, 0.2) is 5.11 Å². The molecule has 0 bridgehead atoms. The molecule has 0 radical (unpaired) electrons. The highest BCUT2D eigenvalue weighted by atomic mass is 32.1. The molecule has 3 nitrogen and oxygen atoms in total. The van der Waals surface area contributed by atoms with Crippen molar-refractivity contribution in [3.8, 4) is 0 Å². The lowest BCUT2D eigenvalue weighted by Crippen LogP contribution is -2.39. The van der Waals surface area contributed by atoms with E-state index >= 15 is 0 Å². The molecule has 5 heteroatoms. The number of fused-ring (bicyclic) bond motifs is 3. The van der Waals surface area contributed by atoms with Crippen molar-refractivity contribution < 1.29 is 0 Å². The van der Waals surface area contributed by atoms with Gasteiger partial charge in [0.05, 0.1) is 6.21 Å². The number of hydrazone groups is 1. The van der Waals surface area contributed by atoms with Crippen LogP contribution < -0.4 is 5.32 Å². The van der Waals surface area contributed by atoms with Crippen molar-refractivity contribution in [3.63, 3.8) is 0 Å². The first-order valence-electron chi connectivity index (χ1n) is 9.70. The molecule has 5 rings (SSSR count). The van der Waals surface area contributed by atoms with E-state index in [0.717, 1.165) is 12.0 Å². The molecule has 1 unspecified atom stereocenters. The largest absolute Gasteiger partial charge is 0.322 e. The molecule has 28 heavy (non-hydrogen) atoms. The van der Waals surface area contributed by atoms with Gasteiger partial charge in [-0.3, -0.25) is 0 Å². The lowest BCUT2D eigenvalue weighted by atomic mass is 9.89. The first-order valence-corrected chi connectivity index (χ1v) is 10.9. The van der Waals surface area contributed by atoms with Crippen LogP contribution in [0.1, 0.15) is 46.0 Å². The van der Waals surface area contributed by atoms with Crippen LogP contribution in [0.5, 0.6) is 0 Å². The lowest BCUT2D eigenvalue weighted by Gasteiger charge is -2.35. The van der Waals surface area contributed by atoms with Crippen LogP contribution in [-0.2, 0) is 12.8 Å². The molecule has 1 N–H and O–H groups in total. The number of nitrogens with one attached hydrogen (secondary N) is 1. The van der Waals surface area contributed by atoms with Gasteiger partial charge in [-0.1, -0.05) is 60.7 Å². The first kappa shape index (κ1) is 17.6. The number of hydrogen-bond donors (Lipinski definition) is 1. The summed E-state index contributed by atoms with van der Waals surface area (Å²) in [5.74, 6) is 0. The second-order valence-corrected chi connectivity index (χ2v) is 8.69. The molecule has 0 fully saturated rings. The Morgan fingerprint density at radius 2 is 1.71 bits per heavy atom. The zero-order valence-electron chi connectivity index (χ0n) is 15.5. The molecule has 0 spiro atoms. The van der Waals surface area contributed by atoms with Crippen molar-refractivity contribution >= 4 is 39.9 Å². The smallest absolute Gasteiger partial charge is 0.195 e. The maximum atomic E-state index is 5.74. The van der Waals surface area contributed by atoms with Crippen LogP contribution in [0.3, 0.4) is 0 Å². The Morgan fingerprint density at radius 3 is 2.50 bits per heavy atom. The van der Waals surface area contributed by atoms with E-state index < -0.39 is 0 Å². The predicted octanol–water partition coefficient (Wildman–Crippen LogP) is 5.76. The van der Waals surface area contributed by atoms with Crippen LogP contribution in [0.15, 0.2) is 65.8 Å². The van der Waals surface area contributed by atoms with Gasteiger partial charge in [-0.25, -0.2) is 5.01 Å². The second-order valence-electron chi connectivity index (χ2n) is 7.20. The molecule has 1 aliphatic heterocycles. The van der Waals surface area contributed by atoms with E-state index in [2.05, 4.69) is 47.8 Å². The molecule has 140 valence electrons. The maximum Gasteiger partial charge on any atom is 0.195 e. The molecule has 0 saturated heterocycles. The van der Waals surface area contributed by atoms with Crippen molar-refractivity contribution in [2.24, 2.45) is 5.10 Å². The topological polar surface area (TPSA) is 27.6 Å². The van der Waals surface area contributed by atoms with Crippen molar-refractivity contribution in [1.82, 2.24) is 5.01 Å². The molecule has 1 aliphatic carbocycles. The van der Waals surface area contributed by atoms with Crippen LogP contribution in [0, 0.1) is 0 Å². The summed E-state index contributed by atoms with van der Waals surface area (Å²) in [6.07, 6.45) is 6.76. The molecule has 1 atom stereocenters. The third kappa shape index (κ3) is 3.15. The van der Waals surface area contributed by atoms with Crippen LogP contribution >= 0.6 is 23.6 Å². The molecule has 2 aromatic carbocycles. The monoisotopic (exact) mass is 403 g/mol. The van der Waals surface area contributed by atoms with Gasteiger partial charge in [0.2, 0.25) is 0 Å². The third-order valence-electron chi connectivity index (χ3n) is 5.40. The number of aryl methyl sites for hydroxylation is 1. The molecule has 1 aromatic heterocycles. The second kappa shape index (κ2) is 7.49. The Labute approximate surface area is 174 Å². The maximum absolute atomic E-state index is 5.74. The van der Waals surface area contributed by atoms with Crippen molar-refractivity contribution in [2.45, 2.75) is 31.7 Å². The van der Waals surface area contributed by atoms with Crippen molar-refractivity contribution in [3.05, 3.63) is 87.8 Å². The summed E-state index contributed by atoms with van der Waals surface area (Å²) in [4.78, 5) is 1.52. The summed E-state index contributed by atoms with van der Waals surface area (Å²) in [5.41, 5.74) is 5.17. The lowest BCUT2D eigenvalue weighted by molar-refractivity contribution is 0.377. The summed E-state index contributed by atoms with van der Waals surface area (Å²) in [6, 6.07) is 20.8. The van der Waals surface area contributed by atoms with Crippen molar-refractivity contribution in [2.75, 3.05) is 5.32 Å². The average molecular weight is 404 g/mol. The number of nitrogens with zero attached hydrogens (tertiary/aromatic N) is 2. The predicted molar refractivity (Wildman–Crippen MR) is 121 cm³/mol. The van der Waals surface area contributed by atoms with Crippen LogP contribution in [0.25, 0.3) is 0 Å². The van der Waals surface area contributed by atoms with Gasteiger partial charge in [0, 0.05) is 10.4 Å². The summed E-state index contributed by atoms with van der Waals surface area (Å²) < 4.78 is 0. The fraction of sp³-hybridized carbons (Fsp3) is 0.217. The summed E-state index contributed by atoms with van der Waals surface area (Å²) in [5, 5.41) is 12.1. The van der Waals surface area contributed by atoms with E-state index in [-0.39, 0.29) is 6.04 Å². The number of benzene rings is 2. The first-order chi connectivity index (χ1) is 13.8. The highest BCUT2D eigenvalue weighted by Crippen LogP contribution is 2.47. The molecule has 0 saturated carbocycles. The van der Waals surface area contributed by atoms with Crippen LogP contribution in [-0.4, -0.2) is 16.3 Å². The van der Waals surface area contributed by atoms with Gasteiger partial charge in [-0.15, -0.1) is 11.3 Å². The molecular weight excluding hydrogens is 382 g/mol. The minimum Gasteiger partial charge on any atom is -0.322 e. The Kier molecular flexibility index (Phi) is 4.71. The molecule has 2 aliphatic rings. The van der Waals surface area contributed by atoms with E-state index in [4.69, 9.17) is 17.3 Å². The SMILES string of the molecule is S=C1Nc2sc3c(c2C(c2ccccc2)N1/N=C/c1ccccc1)CCCC3. The number of rotatable bonds is 3. The van der Waals surface area contributed by atoms with E-state index in [0.29, 0.717) is 5.11 Å². The number of hydrogen-bond acceptors (Lipinski definition) is 3. The quantitative estimate of drug-likeness (QED) is 0.445. The molecular formula is C23H21N3S2.